The van der Waals surface area contributed by atoms with Gasteiger partial charge in [-0.3, -0.25) is 0 Å². The first-order valence-corrected chi connectivity index (χ1v) is 10.5. The molecule has 2 aromatic carbocycles. The van der Waals surface area contributed by atoms with Crippen molar-refractivity contribution in [3.8, 4) is 11.1 Å². The van der Waals surface area contributed by atoms with Crippen LogP contribution in [0.5, 0.6) is 0 Å². The average Bonchev–Trinajstić information content (AvgIpc) is 2.83. The minimum atomic E-state index is -4.35. The zero-order chi connectivity index (χ0) is 18.6. The standard InChI is InChI=1S/C21H21F3N2S/c22-21(23,24)17-5-2-1-4-14(17)13-10-15-16-12-25-7-6-18(16)26-8-3-9-27-19(11-13)20(15)26/h1-2,4-5,10-11,16,18,25H,3,6-9,12H2. The third-order valence-electron chi connectivity index (χ3n) is 5.98. The molecule has 0 amide bonds. The normalized spacial score (nSPS) is 24.3. The molecule has 0 spiro atoms. The van der Waals surface area contributed by atoms with Crippen molar-refractivity contribution in [3.63, 3.8) is 0 Å². The maximum atomic E-state index is 13.6. The van der Waals surface area contributed by atoms with Gasteiger partial charge in [0.25, 0.3) is 0 Å². The molecule has 0 saturated carbocycles. The SMILES string of the molecule is FC(F)(F)c1ccccc1-c1cc2c3c(c1)C1CNCCC1N3CCCS2. The predicted octanol–water partition coefficient (Wildman–Crippen LogP) is 5.13. The van der Waals surface area contributed by atoms with Gasteiger partial charge in [0.2, 0.25) is 0 Å². The first-order chi connectivity index (χ1) is 13.0. The number of alkyl halides is 3. The van der Waals surface area contributed by atoms with E-state index in [-0.39, 0.29) is 5.56 Å². The molecule has 142 valence electrons. The van der Waals surface area contributed by atoms with Crippen LogP contribution < -0.4 is 10.2 Å². The summed E-state index contributed by atoms with van der Waals surface area (Å²) in [4.78, 5) is 3.68. The third-order valence-corrected chi connectivity index (χ3v) is 7.10. The fourth-order valence-corrected chi connectivity index (χ4v) is 5.94. The summed E-state index contributed by atoms with van der Waals surface area (Å²) in [6.45, 7) is 2.97. The lowest BCUT2D eigenvalue weighted by molar-refractivity contribution is -0.137. The lowest BCUT2D eigenvalue weighted by Gasteiger charge is -2.33. The van der Waals surface area contributed by atoms with Gasteiger partial charge < -0.3 is 10.2 Å². The van der Waals surface area contributed by atoms with E-state index in [1.54, 1.807) is 23.9 Å². The summed E-state index contributed by atoms with van der Waals surface area (Å²) in [7, 11) is 0. The quantitative estimate of drug-likeness (QED) is 0.726. The fraction of sp³-hybridized carbons (Fsp3) is 0.429. The number of halogens is 3. The van der Waals surface area contributed by atoms with Crippen LogP contribution in [-0.2, 0) is 6.18 Å². The second-order valence-corrected chi connectivity index (χ2v) is 8.65. The summed E-state index contributed by atoms with van der Waals surface area (Å²) < 4.78 is 40.7. The zero-order valence-corrected chi connectivity index (χ0v) is 15.7. The Kier molecular flexibility index (Phi) is 4.17. The highest BCUT2D eigenvalue weighted by Crippen LogP contribution is 2.51. The minimum absolute atomic E-state index is 0.285. The Bertz CT molecular complexity index is 880. The van der Waals surface area contributed by atoms with Gasteiger partial charge in [-0.1, -0.05) is 18.2 Å². The summed E-state index contributed by atoms with van der Waals surface area (Å²) in [6, 6.07) is 10.4. The molecule has 2 nitrogen and oxygen atoms in total. The molecule has 0 radical (unpaired) electrons. The van der Waals surface area contributed by atoms with Crippen molar-refractivity contribution in [1.82, 2.24) is 5.32 Å². The van der Waals surface area contributed by atoms with Gasteiger partial charge in [-0.2, -0.15) is 13.2 Å². The number of thioether (sulfide) groups is 1. The Morgan fingerprint density at radius 3 is 2.85 bits per heavy atom. The molecule has 2 aromatic rings. The zero-order valence-electron chi connectivity index (χ0n) is 14.9. The Morgan fingerprint density at radius 2 is 2.00 bits per heavy atom. The largest absolute Gasteiger partial charge is 0.417 e. The second-order valence-electron chi connectivity index (χ2n) is 7.52. The van der Waals surface area contributed by atoms with Crippen molar-refractivity contribution in [1.29, 1.82) is 0 Å². The number of benzene rings is 2. The molecule has 3 aliphatic heterocycles. The van der Waals surface area contributed by atoms with Crippen molar-refractivity contribution >= 4 is 17.4 Å². The lowest BCUT2D eigenvalue weighted by Crippen LogP contribution is -2.44. The van der Waals surface area contributed by atoms with Gasteiger partial charge in [0, 0.05) is 29.9 Å². The highest BCUT2D eigenvalue weighted by atomic mass is 32.2. The van der Waals surface area contributed by atoms with Crippen molar-refractivity contribution in [3.05, 3.63) is 47.5 Å². The van der Waals surface area contributed by atoms with E-state index < -0.39 is 11.7 Å². The Hall–Kier alpha value is -1.66. The van der Waals surface area contributed by atoms with E-state index >= 15 is 0 Å². The molecule has 27 heavy (non-hydrogen) atoms. The Morgan fingerprint density at radius 1 is 1.15 bits per heavy atom. The molecular formula is C21H21F3N2S. The van der Waals surface area contributed by atoms with Gasteiger partial charge in [-0.05, 0) is 60.0 Å². The molecule has 2 unspecified atom stereocenters. The van der Waals surface area contributed by atoms with Crippen LogP contribution in [0.2, 0.25) is 0 Å². The second kappa shape index (κ2) is 6.45. The third kappa shape index (κ3) is 2.85. The van der Waals surface area contributed by atoms with Crippen LogP contribution in [0.1, 0.15) is 29.9 Å². The highest BCUT2D eigenvalue weighted by Gasteiger charge is 2.42. The van der Waals surface area contributed by atoms with E-state index in [1.807, 2.05) is 12.1 Å². The van der Waals surface area contributed by atoms with Crippen molar-refractivity contribution < 1.29 is 13.2 Å². The van der Waals surface area contributed by atoms with E-state index in [9.17, 15) is 13.2 Å². The first kappa shape index (κ1) is 17.4. The van der Waals surface area contributed by atoms with Crippen molar-refractivity contribution in [2.45, 2.75) is 35.9 Å². The van der Waals surface area contributed by atoms with E-state index in [4.69, 9.17) is 0 Å². The van der Waals surface area contributed by atoms with Crippen molar-refractivity contribution in [2.75, 3.05) is 30.3 Å². The molecule has 0 bridgehead atoms. The van der Waals surface area contributed by atoms with Gasteiger partial charge in [-0.25, -0.2) is 0 Å². The van der Waals surface area contributed by atoms with E-state index in [2.05, 4.69) is 10.2 Å². The Balaban J connectivity index is 1.70. The van der Waals surface area contributed by atoms with Crippen LogP contribution in [-0.4, -0.2) is 31.4 Å². The molecule has 3 heterocycles. The van der Waals surface area contributed by atoms with E-state index in [0.29, 0.717) is 17.5 Å². The van der Waals surface area contributed by atoms with Gasteiger partial charge in [0.15, 0.2) is 0 Å². The molecule has 2 atom stereocenters. The number of hydrogen-bond acceptors (Lipinski definition) is 3. The van der Waals surface area contributed by atoms with E-state index in [1.165, 1.54) is 23.4 Å². The number of rotatable bonds is 1. The van der Waals surface area contributed by atoms with Gasteiger partial charge in [0.1, 0.15) is 0 Å². The van der Waals surface area contributed by atoms with Gasteiger partial charge >= 0.3 is 6.18 Å². The summed E-state index contributed by atoms with van der Waals surface area (Å²) in [5, 5.41) is 3.48. The van der Waals surface area contributed by atoms with Crippen LogP contribution in [0.4, 0.5) is 18.9 Å². The maximum absolute atomic E-state index is 13.6. The topological polar surface area (TPSA) is 15.3 Å². The smallest absolute Gasteiger partial charge is 0.367 e. The number of nitrogens with zero attached hydrogens (tertiary/aromatic N) is 1. The van der Waals surface area contributed by atoms with E-state index in [0.717, 1.165) is 43.1 Å². The number of nitrogens with one attached hydrogen (secondary N) is 1. The van der Waals surface area contributed by atoms with Crippen LogP contribution >= 0.6 is 11.8 Å². The monoisotopic (exact) mass is 390 g/mol. The molecule has 6 heteroatoms. The molecule has 0 aliphatic carbocycles. The van der Waals surface area contributed by atoms with Crippen LogP contribution in [0, 0.1) is 0 Å². The van der Waals surface area contributed by atoms with Crippen LogP contribution in [0.15, 0.2) is 41.3 Å². The van der Waals surface area contributed by atoms with Gasteiger partial charge in [-0.15, -0.1) is 11.8 Å². The summed E-state index contributed by atoms with van der Waals surface area (Å²) >= 11 is 1.79. The number of piperidine rings is 1. The van der Waals surface area contributed by atoms with Crippen LogP contribution in [0.25, 0.3) is 11.1 Å². The summed E-state index contributed by atoms with van der Waals surface area (Å²) in [5.41, 5.74) is 2.93. The van der Waals surface area contributed by atoms with Crippen molar-refractivity contribution in [2.24, 2.45) is 0 Å². The molecular weight excluding hydrogens is 369 g/mol. The fourth-order valence-electron chi connectivity index (χ4n) is 4.86. The van der Waals surface area contributed by atoms with Gasteiger partial charge in [0.05, 0.1) is 11.3 Å². The molecule has 1 fully saturated rings. The van der Waals surface area contributed by atoms with Crippen LogP contribution in [0.3, 0.4) is 0 Å². The minimum Gasteiger partial charge on any atom is -0.367 e. The first-order valence-electron chi connectivity index (χ1n) is 9.49. The number of hydrogen-bond donors (Lipinski definition) is 1. The number of anilines is 1. The molecule has 1 N–H and O–H groups in total. The lowest BCUT2D eigenvalue weighted by atomic mass is 9.88. The summed E-state index contributed by atoms with van der Waals surface area (Å²) in [6.07, 6.45) is -2.14. The Labute approximate surface area is 161 Å². The average molecular weight is 390 g/mol. The highest BCUT2D eigenvalue weighted by molar-refractivity contribution is 7.99. The molecule has 0 aromatic heterocycles. The predicted molar refractivity (Wildman–Crippen MR) is 104 cm³/mol. The molecule has 5 rings (SSSR count). The maximum Gasteiger partial charge on any atom is 0.417 e. The molecule has 3 aliphatic rings. The number of fused-ring (bicyclic) bond motifs is 3. The molecule has 1 saturated heterocycles. The summed E-state index contributed by atoms with van der Waals surface area (Å²) in [5.74, 6) is 1.38.